The van der Waals surface area contributed by atoms with Gasteiger partial charge in [-0.3, -0.25) is 4.79 Å². The number of esters is 1. The van der Waals surface area contributed by atoms with Crippen molar-refractivity contribution in [2.45, 2.75) is 26.2 Å². The molecule has 0 fully saturated rings. The number of fused-ring (bicyclic) bond motifs is 1. The van der Waals surface area contributed by atoms with E-state index in [1.807, 2.05) is 31.2 Å². The Morgan fingerprint density at radius 1 is 1.29 bits per heavy atom. The average Bonchev–Trinajstić information content (AvgIpc) is 2.15. The molecule has 0 unspecified atom stereocenters. The monoisotopic (exact) mass is 190 g/mol. The van der Waals surface area contributed by atoms with Gasteiger partial charge < -0.3 is 4.74 Å². The first-order chi connectivity index (χ1) is 6.53. The molecule has 0 aliphatic carbocycles. The van der Waals surface area contributed by atoms with Gasteiger partial charge in [-0.25, -0.2) is 0 Å². The summed E-state index contributed by atoms with van der Waals surface area (Å²) in [6.45, 7) is 6.08. The molecule has 0 N–H and O–H groups in total. The van der Waals surface area contributed by atoms with E-state index in [-0.39, 0.29) is 17.3 Å². The molecule has 0 spiro atoms. The normalized spacial score (nSPS) is 23.9. The van der Waals surface area contributed by atoms with E-state index in [2.05, 4.69) is 13.8 Å². The lowest BCUT2D eigenvalue weighted by atomic mass is 9.72. The minimum absolute atomic E-state index is 0.0857. The van der Waals surface area contributed by atoms with Crippen molar-refractivity contribution in [3.63, 3.8) is 0 Å². The van der Waals surface area contributed by atoms with E-state index in [1.165, 1.54) is 0 Å². The number of ether oxygens (including phenoxy) is 1. The van der Waals surface area contributed by atoms with Crippen molar-refractivity contribution in [3.05, 3.63) is 29.8 Å². The fourth-order valence-corrected chi connectivity index (χ4v) is 1.81. The van der Waals surface area contributed by atoms with E-state index in [0.29, 0.717) is 5.75 Å². The molecule has 14 heavy (non-hydrogen) atoms. The molecule has 2 rings (SSSR count). The first kappa shape index (κ1) is 9.25. The highest BCUT2D eigenvalue weighted by molar-refractivity contribution is 5.79. The van der Waals surface area contributed by atoms with Crippen LogP contribution < -0.4 is 4.74 Å². The maximum Gasteiger partial charge on any atom is 0.314 e. The third kappa shape index (κ3) is 1.14. The van der Waals surface area contributed by atoms with Gasteiger partial charge in [0.05, 0.1) is 5.92 Å². The maximum atomic E-state index is 11.6. The van der Waals surface area contributed by atoms with Crippen LogP contribution in [0.2, 0.25) is 0 Å². The van der Waals surface area contributed by atoms with Gasteiger partial charge in [0.25, 0.3) is 0 Å². The summed E-state index contributed by atoms with van der Waals surface area (Å²) in [6, 6.07) is 7.74. The highest BCUT2D eigenvalue weighted by Gasteiger charge is 2.40. The number of carbonyl (C=O) groups is 1. The highest BCUT2D eigenvalue weighted by Crippen LogP contribution is 2.41. The topological polar surface area (TPSA) is 26.3 Å². The van der Waals surface area contributed by atoms with Gasteiger partial charge in [0.2, 0.25) is 0 Å². The molecule has 0 bridgehead atoms. The largest absolute Gasteiger partial charge is 0.426 e. The van der Waals surface area contributed by atoms with Crippen LogP contribution >= 0.6 is 0 Å². The number of carbonyl (C=O) groups excluding carboxylic acids is 1. The fourth-order valence-electron chi connectivity index (χ4n) is 1.81. The van der Waals surface area contributed by atoms with Crippen molar-refractivity contribution in [3.8, 4) is 5.75 Å². The molecule has 0 saturated heterocycles. The molecule has 1 aliphatic heterocycles. The molecular formula is C12H14O2. The SMILES string of the molecule is C[C@@H]1C(=O)Oc2ccccc2C1(C)C. The van der Waals surface area contributed by atoms with Crippen LogP contribution in [-0.2, 0) is 10.2 Å². The Hall–Kier alpha value is -1.31. The number of rotatable bonds is 0. The van der Waals surface area contributed by atoms with Gasteiger partial charge in [-0.05, 0) is 6.07 Å². The summed E-state index contributed by atoms with van der Waals surface area (Å²) in [4.78, 5) is 11.6. The number of para-hydroxylation sites is 1. The van der Waals surface area contributed by atoms with E-state index >= 15 is 0 Å². The van der Waals surface area contributed by atoms with Gasteiger partial charge >= 0.3 is 5.97 Å². The standard InChI is InChI=1S/C12H14O2/c1-8-11(13)14-10-7-5-4-6-9(10)12(8,2)3/h4-8H,1-3H3/t8-/m1/s1. The van der Waals surface area contributed by atoms with Crippen molar-refractivity contribution in [1.82, 2.24) is 0 Å². The van der Waals surface area contributed by atoms with Crippen molar-refractivity contribution in [2.24, 2.45) is 5.92 Å². The lowest BCUT2D eigenvalue weighted by Gasteiger charge is -2.36. The summed E-state index contributed by atoms with van der Waals surface area (Å²) in [5, 5.41) is 0. The number of hydrogen-bond acceptors (Lipinski definition) is 2. The van der Waals surface area contributed by atoms with E-state index in [1.54, 1.807) is 0 Å². The second kappa shape index (κ2) is 2.84. The molecule has 74 valence electrons. The van der Waals surface area contributed by atoms with Crippen molar-refractivity contribution >= 4 is 5.97 Å². The van der Waals surface area contributed by atoms with Gasteiger partial charge in [0.1, 0.15) is 5.75 Å². The lowest BCUT2D eigenvalue weighted by molar-refractivity contribution is -0.142. The number of hydrogen-bond donors (Lipinski definition) is 0. The summed E-state index contributed by atoms with van der Waals surface area (Å²) in [5.74, 6) is 0.492. The van der Waals surface area contributed by atoms with Gasteiger partial charge in [-0.1, -0.05) is 39.0 Å². The molecule has 1 atom stereocenters. The smallest absolute Gasteiger partial charge is 0.314 e. The summed E-state index contributed by atoms with van der Waals surface area (Å²) in [5.41, 5.74) is 0.985. The van der Waals surface area contributed by atoms with E-state index in [0.717, 1.165) is 5.56 Å². The summed E-state index contributed by atoms with van der Waals surface area (Å²) in [7, 11) is 0. The molecule has 0 amide bonds. The summed E-state index contributed by atoms with van der Waals surface area (Å²) >= 11 is 0. The molecule has 1 aromatic carbocycles. The van der Waals surface area contributed by atoms with Crippen LogP contribution in [0, 0.1) is 5.92 Å². The minimum atomic E-state index is -0.133. The Morgan fingerprint density at radius 2 is 1.93 bits per heavy atom. The Balaban J connectivity index is 2.59. The van der Waals surface area contributed by atoms with Gasteiger partial charge in [-0.2, -0.15) is 0 Å². The third-order valence-corrected chi connectivity index (χ3v) is 3.23. The molecule has 0 saturated carbocycles. The molecule has 2 heteroatoms. The Morgan fingerprint density at radius 3 is 2.64 bits per heavy atom. The van der Waals surface area contributed by atoms with Crippen molar-refractivity contribution in [2.75, 3.05) is 0 Å². The van der Waals surface area contributed by atoms with Crippen molar-refractivity contribution in [1.29, 1.82) is 0 Å². The number of benzene rings is 1. The van der Waals surface area contributed by atoms with Crippen LogP contribution in [0.15, 0.2) is 24.3 Å². The molecule has 0 aromatic heterocycles. The zero-order chi connectivity index (χ0) is 10.3. The van der Waals surface area contributed by atoms with E-state index in [4.69, 9.17) is 4.74 Å². The quantitative estimate of drug-likeness (QED) is 0.464. The first-order valence-electron chi connectivity index (χ1n) is 4.84. The highest BCUT2D eigenvalue weighted by atomic mass is 16.5. The second-order valence-corrected chi connectivity index (χ2v) is 4.36. The van der Waals surface area contributed by atoms with Crippen LogP contribution in [0.3, 0.4) is 0 Å². The van der Waals surface area contributed by atoms with Crippen LogP contribution in [0.5, 0.6) is 5.75 Å². The third-order valence-electron chi connectivity index (χ3n) is 3.23. The van der Waals surface area contributed by atoms with Gasteiger partial charge in [0.15, 0.2) is 0 Å². The average molecular weight is 190 g/mol. The fraction of sp³-hybridized carbons (Fsp3) is 0.417. The Bertz CT molecular complexity index is 380. The Kier molecular flexibility index (Phi) is 1.88. The summed E-state index contributed by atoms with van der Waals surface area (Å²) in [6.07, 6.45) is 0. The van der Waals surface area contributed by atoms with Gasteiger partial charge in [-0.15, -0.1) is 0 Å². The van der Waals surface area contributed by atoms with Crippen LogP contribution in [0.4, 0.5) is 0 Å². The predicted octanol–water partition coefficient (Wildman–Crippen LogP) is 2.52. The van der Waals surface area contributed by atoms with E-state index < -0.39 is 0 Å². The first-order valence-corrected chi connectivity index (χ1v) is 4.84. The predicted molar refractivity (Wildman–Crippen MR) is 54.3 cm³/mol. The van der Waals surface area contributed by atoms with Gasteiger partial charge in [0, 0.05) is 11.0 Å². The lowest BCUT2D eigenvalue weighted by Crippen LogP contribution is -2.39. The molecule has 1 aromatic rings. The zero-order valence-corrected chi connectivity index (χ0v) is 8.70. The second-order valence-electron chi connectivity index (χ2n) is 4.36. The van der Waals surface area contributed by atoms with Crippen molar-refractivity contribution < 1.29 is 9.53 Å². The molecule has 0 radical (unpaired) electrons. The molecule has 1 heterocycles. The minimum Gasteiger partial charge on any atom is -0.426 e. The molecular weight excluding hydrogens is 176 g/mol. The Labute approximate surface area is 83.9 Å². The van der Waals surface area contributed by atoms with Crippen LogP contribution in [-0.4, -0.2) is 5.97 Å². The molecule has 2 nitrogen and oxygen atoms in total. The zero-order valence-electron chi connectivity index (χ0n) is 8.70. The van der Waals surface area contributed by atoms with Crippen LogP contribution in [0.25, 0.3) is 0 Å². The summed E-state index contributed by atoms with van der Waals surface area (Å²) < 4.78 is 5.24. The van der Waals surface area contributed by atoms with E-state index in [9.17, 15) is 4.79 Å². The maximum absolute atomic E-state index is 11.6. The molecule has 1 aliphatic rings. The van der Waals surface area contributed by atoms with Crippen LogP contribution in [0.1, 0.15) is 26.3 Å².